The summed E-state index contributed by atoms with van der Waals surface area (Å²) in [5.74, 6) is 0.270. The van der Waals surface area contributed by atoms with E-state index in [0.29, 0.717) is 0 Å². The van der Waals surface area contributed by atoms with Gasteiger partial charge in [0.1, 0.15) is 5.75 Å². The smallest absolute Gasteiger partial charge is 0.117 e. The second-order valence-electron chi connectivity index (χ2n) is 3.70. The topological polar surface area (TPSA) is 45.1 Å². The van der Waals surface area contributed by atoms with Gasteiger partial charge in [0.25, 0.3) is 0 Å². The Morgan fingerprint density at radius 2 is 1.94 bits per heavy atom. The zero-order valence-corrected chi connectivity index (χ0v) is 9.09. The van der Waals surface area contributed by atoms with E-state index < -0.39 is 0 Å². The first kappa shape index (κ1) is 10.5. The molecule has 0 amide bonds. The van der Waals surface area contributed by atoms with Gasteiger partial charge in [0.15, 0.2) is 0 Å². The Morgan fingerprint density at radius 1 is 1.19 bits per heavy atom. The summed E-state index contributed by atoms with van der Waals surface area (Å²) in [5, 5.41) is 12.7. The predicted molar refractivity (Wildman–Crippen MR) is 64.4 cm³/mol. The largest absolute Gasteiger partial charge is 0.508 e. The van der Waals surface area contributed by atoms with E-state index in [2.05, 4.69) is 17.2 Å². The lowest BCUT2D eigenvalue weighted by Gasteiger charge is -2.15. The zero-order chi connectivity index (χ0) is 11.4. The first-order valence-electron chi connectivity index (χ1n) is 5.21. The molecule has 1 atom stereocenters. The van der Waals surface area contributed by atoms with Crippen molar-refractivity contribution in [1.29, 1.82) is 0 Å². The highest BCUT2D eigenvalue weighted by Gasteiger charge is 2.04. The highest BCUT2D eigenvalue weighted by Crippen LogP contribution is 2.21. The number of anilines is 1. The fourth-order valence-electron chi connectivity index (χ4n) is 1.58. The molecule has 0 fully saturated rings. The molecule has 1 unspecified atom stereocenters. The fraction of sp³-hybridized carbons (Fsp3) is 0.154. The third-order valence-electron chi connectivity index (χ3n) is 2.44. The van der Waals surface area contributed by atoms with Crippen molar-refractivity contribution in [2.24, 2.45) is 0 Å². The highest BCUT2D eigenvalue weighted by atomic mass is 16.3. The number of aromatic nitrogens is 1. The van der Waals surface area contributed by atoms with E-state index in [1.165, 1.54) is 5.56 Å². The van der Waals surface area contributed by atoms with Gasteiger partial charge >= 0.3 is 0 Å². The number of phenolic OH excluding ortho intramolecular Hbond substituents is 1. The Morgan fingerprint density at radius 3 is 2.62 bits per heavy atom. The fourth-order valence-corrected chi connectivity index (χ4v) is 1.58. The van der Waals surface area contributed by atoms with E-state index in [4.69, 9.17) is 0 Å². The van der Waals surface area contributed by atoms with Gasteiger partial charge in [0.05, 0.1) is 0 Å². The van der Waals surface area contributed by atoms with Crippen molar-refractivity contribution in [2.75, 3.05) is 5.32 Å². The van der Waals surface area contributed by atoms with Gasteiger partial charge in [0.2, 0.25) is 0 Å². The molecule has 0 saturated heterocycles. The van der Waals surface area contributed by atoms with Gasteiger partial charge in [-0.25, -0.2) is 0 Å². The minimum Gasteiger partial charge on any atom is -0.508 e. The monoisotopic (exact) mass is 214 g/mol. The van der Waals surface area contributed by atoms with Crippen molar-refractivity contribution in [2.45, 2.75) is 13.0 Å². The number of pyridine rings is 1. The average molecular weight is 214 g/mol. The van der Waals surface area contributed by atoms with Crippen LogP contribution in [-0.2, 0) is 0 Å². The van der Waals surface area contributed by atoms with Crippen LogP contribution in [0.5, 0.6) is 5.75 Å². The maximum atomic E-state index is 9.35. The van der Waals surface area contributed by atoms with Crippen LogP contribution in [0.15, 0.2) is 48.8 Å². The highest BCUT2D eigenvalue weighted by molar-refractivity contribution is 5.49. The molecule has 16 heavy (non-hydrogen) atoms. The summed E-state index contributed by atoms with van der Waals surface area (Å²) < 4.78 is 0. The molecule has 3 nitrogen and oxygen atoms in total. The standard InChI is InChI=1S/C13H14N2O/c1-10(11-5-7-14-8-6-11)15-12-3-2-4-13(16)9-12/h2-10,15-16H,1H3. The molecule has 0 radical (unpaired) electrons. The van der Waals surface area contributed by atoms with Gasteiger partial charge in [-0.05, 0) is 36.8 Å². The molecule has 3 heteroatoms. The first-order chi connectivity index (χ1) is 7.75. The van der Waals surface area contributed by atoms with Crippen LogP contribution in [0.25, 0.3) is 0 Å². The molecule has 82 valence electrons. The Hall–Kier alpha value is -2.03. The summed E-state index contributed by atoms with van der Waals surface area (Å²) in [6.45, 7) is 2.07. The molecule has 2 rings (SSSR count). The van der Waals surface area contributed by atoms with Crippen LogP contribution in [0.4, 0.5) is 5.69 Å². The van der Waals surface area contributed by atoms with Gasteiger partial charge in [0, 0.05) is 30.2 Å². The third kappa shape index (κ3) is 2.51. The number of hydrogen-bond acceptors (Lipinski definition) is 3. The first-order valence-corrected chi connectivity index (χ1v) is 5.21. The molecule has 0 aliphatic rings. The molecule has 1 aromatic carbocycles. The Labute approximate surface area is 94.8 Å². The SMILES string of the molecule is CC(Nc1cccc(O)c1)c1ccncc1. The van der Waals surface area contributed by atoms with Crippen molar-refractivity contribution >= 4 is 5.69 Å². The van der Waals surface area contributed by atoms with E-state index in [9.17, 15) is 5.11 Å². The van der Waals surface area contributed by atoms with E-state index in [1.807, 2.05) is 24.3 Å². The van der Waals surface area contributed by atoms with Crippen LogP contribution in [-0.4, -0.2) is 10.1 Å². The second kappa shape index (κ2) is 4.66. The Bertz CT molecular complexity index is 456. The lowest BCUT2D eigenvalue weighted by molar-refractivity contribution is 0.475. The third-order valence-corrected chi connectivity index (χ3v) is 2.44. The maximum absolute atomic E-state index is 9.35. The molecule has 0 aliphatic heterocycles. The summed E-state index contributed by atoms with van der Waals surface area (Å²) in [6, 6.07) is 11.2. The average Bonchev–Trinajstić information content (AvgIpc) is 2.30. The van der Waals surface area contributed by atoms with Gasteiger partial charge in [-0.15, -0.1) is 0 Å². The summed E-state index contributed by atoms with van der Waals surface area (Å²) in [7, 11) is 0. The molecule has 0 bridgehead atoms. The molecule has 2 aromatic rings. The minimum absolute atomic E-state index is 0.185. The van der Waals surface area contributed by atoms with Gasteiger partial charge in [-0.3, -0.25) is 4.98 Å². The van der Waals surface area contributed by atoms with Gasteiger partial charge in [-0.1, -0.05) is 6.07 Å². The van der Waals surface area contributed by atoms with Gasteiger partial charge in [-0.2, -0.15) is 0 Å². The number of aromatic hydroxyl groups is 1. The molecule has 0 spiro atoms. The van der Waals surface area contributed by atoms with Crippen LogP contribution in [0.3, 0.4) is 0 Å². The van der Waals surface area contributed by atoms with E-state index in [-0.39, 0.29) is 11.8 Å². The van der Waals surface area contributed by atoms with Crippen LogP contribution in [0, 0.1) is 0 Å². The van der Waals surface area contributed by atoms with E-state index in [1.54, 1.807) is 24.5 Å². The molecule has 1 aromatic heterocycles. The number of nitrogens with zero attached hydrogens (tertiary/aromatic N) is 1. The van der Waals surface area contributed by atoms with Crippen molar-refractivity contribution in [1.82, 2.24) is 4.98 Å². The molecular formula is C13H14N2O. The second-order valence-corrected chi connectivity index (χ2v) is 3.70. The summed E-state index contributed by atoms with van der Waals surface area (Å²) in [6.07, 6.45) is 3.55. The number of nitrogens with one attached hydrogen (secondary N) is 1. The number of hydrogen-bond donors (Lipinski definition) is 2. The van der Waals surface area contributed by atoms with Crippen LogP contribution in [0.2, 0.25) is 0 Å². The van der Waals surface area contributed by atoms with Crippen LogP contribution >= 0.6 is 0 Å². The summed E-state index contributed by atoms with van der Waals surface area (Å²) in [4.78, 5) is 3.98. The maximum Gasteiger partial charge on any atom is 0.117 e. The number of phenols is 1. The minimum atomic E-state index is 0.185. The Balaban J connectivity index is 2.11. The van der Waals surface area contributed by atoms with Crippen molar-refractivity contribution < 1.29 is 5.11 Å². The normalized spacial score (nSPS) is 12.1. The van der Waals surface area contributed by atoms with Crippen molar-refractivity contribution in [3.63, 3.8) is 0 Å². The van der Waals surface area contributed by atoms with E-state index >= 15 is 0 Å². The lowest BCUT2D eigenvalue weighted by atomic mass is 10.1. The quantitative estimate of drug-likeness (QED) is 0.825. The zero-order valence-electron chi connectivity index (χ0n) is 9.09. The molecule has 1 heterocycles. The molecule has 0 saturated carbocycles. The van der Waals surface area contributed by atoms with Crippen LogP contribution in [0.1, 0.15) is 18.5 Å². The predicted octanol–water partition coefficient (Wildman–Crippen LogP) is 2.96. The molecule has 2 N–H and O–H groups in total. The lowest BCUT2D eigenvalue weighted by Crippen LogP contribution is -2.06. The van der Waals surface area contributed by atoms with Crippen molar-refractivity contribution in [3.8, 4) is 5.75 Å². The van der Waals surface area contributed by atoms with E-state index in [0.717, 1.165) is 5.69 Å². The summed E-state index contributed by atoms with van der Waals surface area (Å²) >= 11 is 0. The molecule has 0 aliphatic carbocycles. The van der Waals surface area contributed by atoms with Crippen molar-refractivity contribution in [3.05, 3.63) is 54.4 Å². The van der Waals surface area contributed by atoms with Gasteiger partial charge < -0.3 is 10.4 Å². The van der Waals surface area contributed by atoms with Crippen LogP contribution < -0.4 is 5.32 Å². The number of benzene rings is 1. The summed E-state index contributed by atoms with van der Waals surface area (Å²) in [5.41, 5.74) is 2.07. The molecular weight excluding hydrogens is 200 g/mol. The number of rotatable bonds is 3. The Kier molecular flexibility index (Phi) is 3.05.